The quantitative estimate of drug-likeness (QED) is 0.772. The molecule has 0 saturated heterocycles. The van der Waals surface area contributed by atoms with Gasteiger partial charge in [0.25, 0.3) is 5.91 Å². The lowest BCUT2D eigenvalue weighted by atomic mass is 10.2. The van der Waals surface area contributed by atoms with Crippen molar-refractivity contribution in [3.05, 3.63) is 59.1 Å². The molecule has 5 nitrogen and oxygen atoms in total. The second-order valence-corrected chi connectivity index (χ2v) is 7.12. The van der Waals surface area contributed by atoms with Crippen molar-refractivity contribution in [2.75, 3.05) is 5.32 Å². The summed E-state index contributed by atoms with van der Waals surface area (Å²) in [5.74, 6) is 0.0439. The van der Waals surface area contributed by atoms with Gasteiger partial charge in [0.15, 0.2) is 0 Å². The normalized spacial score (nSPS) is 15.2. The van der Waals surface area contributed by atoms with E-state index in [9.17, 15) is 9.59 Å². The van der Waals surface area contributed by atoms with Crippen molar-refractivity contribution in [1.29, 1.82) is 0 Å². The van der Waals surface area contributed by atoms with Gasteiger partial charge in [-0.05, 0) is 56.9 Å². The van der Waals surface area contributed by atoms with E-state index in [2.05, 4.69) is 10.6 Å². The smallest absolute Gasteiger partial charge is 0.253 e. The van der Waals surface area contributed by atoms with E-state index in [4.69, 9.17) is 16.3 Å². The number of halogens is 1. The zero-order valence-electron chi connectivity index (χ0n) is 15.2. The number of hydrogen-bond donors (Lipinski definition) is 2. The van der Waals surface area contributed by atoms with Crippen LogP contribution in [-0.4, -0.2) is 24.0 Å². The molecule has 2 amide bonds. The molecule has 2 aromatic carbocycles. The first kappa shape index (κ1) is 19.2. The van der Waals surface area contributed by atoms with Gasteiger partial charge in [0, 0.05) is 11.8 Å². The standard InChI is InChI=1S/C21H23ClN2O3/c1-14(23-21(26)18-11-4-5-12-19(18)22)20(25)24-15-7-6-10-17(13-15)27-16-8-2-3-9-16/h4-7,10-14,16H,2-3,8-9H2,1H3,(H,23,26)(H,24,25). The van der Waals surface area contributed by atoms with Crippen molar-refractivity contribution in [2.24, 2.45) is 0 Å². The number of benzene rings is 2. The van der Waals surface area contributed by atoms with Crippen molar-refractivity contribution in [3.8, 4) is 5.75 Å². The molecule has 1 aliphatic carbocycles. The minimum absolute atomic E-state index is 0.254. The molecule has 0 aliphatic heterocycles. The topological polar surface area (TPSA) is 67.4 Å². The molecule has 27 heavy (non-hydrogen) atoms. The average Bonchev–Trinajstić information content (AvgIpc) is 3.15. The highest BCUT2D eigenvalue weighted by molar-refractivity contribution is 6.33. The van der Waals surface area contributed by atoms with Gasteiger partial charge in [-0.15, -0.1) is 0 Å². The predicted molar refractivity (Wildman–Crippen MR) is 106 cm³/mol. The number of nitrogens with one attached hydrogen (secondary N) is 2. The summed E-state index contributed by atoms with van der Waals surface area (Å²) in [5, 5.41) is 5.82. The Morgan fingerprint density at radius 2 is 1.85 bits per heavy atom. The third-order valence-corrected chi connectivity index (χ3v) is 4.90. The fourth-order valence-corrected chi connectivity index (χ4v) is 3.30. The number of carbonyl (C=O) groups is 2. The van der Waals surface area contributed by atoms with Gasteiger partial charge in [-0.3, -0.25) is 9.59 Å². The summed E-state index contributed by atoms with van der Waals surface area (Å²) in [5.41, 5.74) is 0.972. The van der Waals surface area contributed by atoms with E-state index in [-0.39, 0.29) is 17.9 Å². The lowest BCUT2D eigenvalue weighted by Crippen LogP contribution is -2.41. The summed E-state index contributed by atoms with van der Waals surface area (Å²) >= 11 is 6.02. The van der Waals surface area contributed by atoms with Crippen molar-refractivity contribution < 1.29 is 14.3 Å². The van der Waals surface area contributed by atoms with E-state index in [1.807, 2.05) is 12.1 Å². The summed E-state index contributed by atoms with van der Waals surface area (Å²) < 4.78 is 5.96. The molecule has 2 N–H and O–H groups in total. The van der Waals surface area contributed by atoms with Gasteiger partial charge in [0.05, 0.1) is 16.7 Å². The molecule has 0 aromatic heterocycles. The van der Waals surface area contributed by atoms with Gasteiger partial charge < -0.3 is 15.4 Å². The highest BCUT2D eigenvalue weighted by Gasteiger charge is 2.19. The highest BCUT2D eigenvalue weighted by Crippen LogP contribution is 2.25. The lowest BCUT2D eigenvalue weighted by molar-refractivity contribution is -0.117. The summed E-state index contributed by atoms with van der Waals surface area (Å²) in [6.45, 7) is 1.63. The van der Waals surface area contributed by atoms with E-state index in [1.165, 1.54) is 12.8 Å². The Morgan fingerprint density at radius 1 is 1.11 bits per heavy atom. The average molecular weight is 387 g/mol. The van der Waals surface area contributed by atoms with Gasteiger partial charge in [-0.25, -0.2) is 0 Å². The van der Waals surface area contributed by atoms with Crippen LogP contribution in [0.4, 0.5) is 5.69 Å². The van der Waals surface area contributed by atoms with Crippen molar-refractivity contribution in [3.63, 3.8) is 0 Å². The molecule has 3 rings (SSSR count). The first-order valence-electron chi connectivity index (χ1n) is 9.16. The van der Waals surface area contributed by atoms with Gasteiger partial charge >= 0.3 is 0 Å². The van der Waals surface area contributed by atoms with Crippen LogP contribution in [0, 0.1) is 0 Å². The minimum atomic E-state index is -0.715. The molecular formula is C21H23ClN2O3. The van der Waals surface area contributed by atoms with Crippen LogP contribution >= 0.6 is 11.6 Å². The number of anilines is 1. The van der Waals surface area contributed by atoms with Gasteiger partial charge in [0.1, 0.15) is 11.8 Å². The maximum atomic E-state index is 12.4. The van der Waals surface area contributed by atoms with Gasteiger partial charge in [-0.1, -0.05) is 29.8 Å². The Balaban J connectivity index is 1.57. The van der Waals surface area contributed by atoms with Crippen molar-refractivity contribution in [1.82, 2.24) is 5.32 Å². The van der Waals surface area contributed by atoms with Gasteiger partial charge in [0.2, 0.25) is 5.91 Å². The second kappa shape index (κ2) is 8.91. The SMILES string of the molecule is CC(NC(=O)c1ccccc1Cl)C(=O)Nc1cccc(OC2CCCC2)c1. The first-order valence-corrected chi connectivity index (χ1v) is 9.53. The maximum absolute atomic E-state index is 12.4. The van der Waals surface area contributed by atoms with E-state index in [0.29, 0.717) is 16.3 Å². The van der Waals surface area contributed by atoms with Crippen molar-refractivity contribution in [2.45, 2.75) is 44.8 Å². The summed E-state index contributed by atoms with van der Waals surface area (Å²) in [6.07, 6.45) is 4.79. The van der Waals surface area contributed by atoms with Crippen LogP contribution in [-0.2, 0) is 4.79 Å². The summed E-state index contributed by atoms with van der Waals surface area (Å²) in [4.78, 5) is 24.7. The molecule has 6 heteroatoms. The highest BCUT2D eigenvalue weighted by atomic mass is 35.5. The largest absolute Gasteiger partial charge is 0.490 e. The Hall–Kier alpha value is -2.53. The molecule has 0 bridgehead atoms. The molecule has 0 spiro atoms. The predicted octanol–water partition coefficient (Wildman–Crippen LogP) is 4.42. The maximum Gasteiger partial charge on any atom is 0.253 e. The summed E-state index contributed by atoms with van der Waals surface area (Å²) in [7, 11) is 0. The van der Waals surface area contributed by atoms with Crippen LogP contribution < -0.4 is 15.4 Å². The molecule has 1 saturated carbocycles. The van der Waals surface area contributed by atoms with E-state index in [0.717, 1.165) is 18.6 Å². The molecule has 1 atom stereocenters. The molecule has 0 heterocycles. The molecule has 1 fully saturated rings. The molecule has 142 valence electrons. The zero-order valence-corrected chi connectivity index (χ0v) is 16.0. The number of carbonyl (C=O) groups excluding carboxylic acids is 2. The molecule has 1 unspecified atom stereocenters. The summed E-state index contributed by atoms with van der Waals surface area (Å²) in [6, 6.07) is 13.3. The Labute approximate surface area is 164 Å². The first-order chi connectivity index (χ1) is 13.0. The van der Waals surface area contributed by atoms with Crippen LogP contribution in [0.1, 0.15) is 43.0 Å². The molecule has 2 aromatic rings. The van der Waals surface area contributed by atoms with E-state index >= 15 is 0 Å². The fraction of sp³-hybridized carbons (Fsp3) is 0.333. The fourth-order valence-electron chi connectivity index (χ4n) is 3.08. The Bertz CT molecular complexity index is 819. The van der Waals surface area contributed by atoms with E-state index < -0.39 is 6.04 Å². The Kier molecular flexibility index (Phi) is 6.35. The lowest BCUT2D eigenvalue weighted by Gasteiger charge is -2.16. The number of ether oxygens (including phenoxy) is 1. The molecule has 0 radical (unpaired) electrons. The Morgan fingerprint density at radius 3 is 2.59 bits per heavy atom. The van der Waals surface area contributed by atoms with Gasteiger partial charge in [-0.2, -0.15) is 0 Å². The van der Waals surface area contributed by atoms with Crippen molar-refractivity contribution >= 4 is 29.1 Å². The third kappa shape index (κ3) is 5.23. The molecule has 1 aliphatic rings. The van der Waals surface area contributed by atoms with Crippen LogP contribution in [0.15, 0.2) is 48.5 Å². The van der Waals surface area contributed by atoms with Crippen LogP contribution in [0.3, 0.4) is 0 Å². The van der Waals surface area contributed by atoms with Crippen LogP contribution in [0.5, 0.6) is 5.75 Å². The number of amides is 2. The van der Waals surface area contributed by atoms with Crippen LogP contribution in [0.2, 0.25) is 5.02 Å². The second-order valence-electron chi connectivity index (χ2n) is 6.72. The van der Waals surface area contributed by atoms with Crippen LogP contribution in [0.25, 0.3) is 0 Å². The number of hydrogen-bond acceptors (Lipinski definition) is 3. The zero-order chi connectivity index (χ0) is 19.2. The monoisotopic (exact) mass is 386 g/mol. The third-order valence-electron chi connectivity index (χ3n) is 4.57. The molecular weight excluding hydrogens is 364 g/mol. The van der Waals surface area contributed by atoms with E-state index in [1.54, 1.807) is 43.3 Å². The minimum Gasteiger partial charge on any atom is -0.490 e. The number of rotatable bonds is 6.